The summed E-state index contributed by atoms with van der Waals surface area (Å²) in [6.45, 7) is 2.78. The number of likely N-dealkylation sites (tertiary alicyclic amines) is 1. The molecule has 1 N–H and O–H groups in total. The maximum Gasteiger partial charge on any atom is 0.335 e. The zero-order valence-corrected chi connectivity index (χ0v) is 22.8. The van der Waals surface area contributed by atoms with Crippen molar-refractivity contribution in [3.8, 4) is 5.88 Å². The fourth-order valence-electron chi connectivity index (χ4n) is 5.20. The van der Waals surface area contributed by atoms with Crippen LogP contribution in [0.2, 0.25) is 5.02 Å². The Kier molecular flexibility index (Phi) is 7.67. The Bertz CT molecular complexity index is 1680. The summed E-state index contributed by atoms with van der Waals surface area (Å²) < 4.78 is 27.2. The predicted molar refractivity (Wildman–Crippen MR) is 150 cm³/mol. The molecule has 1 aliphatic rings. The van der Waals surface area contributed by atoms with Crippen LogP contribution in [0.25, 0.3) is 11.0 Å². The topological polar surface area (TPSA) is 107 Å². The summed E-state index contributed by atoms with van der Waals surface area (Å²) in [5, 5.41) is 13.6. The lowest BCUT2D eigenvalue weighted by atomic mass is 9.93. The second-order valence-corrected chi connectivity index (χ2v) is 10.5. The Hall–Kier alpha value is -4.28. The number of carboxylic acids is 1. The molecule has 0 aliphatic carbocycles. The molecule has 1 fully saturated rings. The van der Waals surface area contributed by atoms with Crippen molar-refractivity contribution in [1.29, 1.82) is 0 Å². The molecule has 0 spiro atoms. The lowest BCUT2D eigenvalue weighted by Gasteiger charge is -2.31. The first-order valence-corrected chi connectivity index (χ1v) is 13.7. The van der Waals surface area contributed by atoms with Crippen LogP contribution >= 0.6 is 11.6 Å². The van der Waals surface area contributed by atoms with E-state index in [1.54, 1.807) is 48.7 Å². The van der Waals surface area contributed by atoms with E-state index in [0.29, 0.717) is 35.3 Å². The van der Waals surface area contributed by atoms with E-state index in [4.69, 9.17) is 30.8 Å². The van der Waals surface area contributed by atoms with E-state index >= 15 is 0 Å². The highest BCUT2D eigenvalue weighted by Gasteiger charge is 2.24. The summed E-state index contributed by atoms with van der Waals surface area (Å²) in [6, 6.07) is 17.0. The van der Waals surface area contributed by atoms with Crippen molar-refractivity contribution in [2.75, 3.05) is 13.1 Å². The van der Waals surface area contributed by atoms with Crippen molar-refractivity contribution in [1.82, 2.24) is 24.6 Å². The third-order valence-corrected chi connectivity index (χ3v) is 7.62. The summed E-state index contributed by atoms with van der Waals surface area (Å²) in [5.74, 6) is 0.840. The first kappa shape index (κ1) is 26.9. The molecule has 0 amide bonds. The molecule has 1 saturated heterocycles. The molecule has 0 atom stereocenters. The largest absolute Gasteiger partial charge is 0.478 e. The number of benzene rings is 2. The van der Waals surface area contributed by atoms with Crippen LogP contribution in [0.4, 0.5) is 4.39 Å². The Morgan fingerprint density at radius 1 is 1.07 bits per heavy atom. The molecule has 5 aromatic rings. The van der Waals surface area contributed by atoms with Gasteiger partial charge in [-0.3, -0.25) is 4.90 Å². The van der Waals surface area contributed by atoms with Crippen molar-refractivity contribution < 1.29 is 23.6 Å². The first-order valence-electron chi connectivity index (χ1n) is 13.3. The summed E-state index contributed by atoms with van der Waals surface area (Å²) in [5.41, 5.74) is 3.06. The molecule has 1 aliphatic heterocycles. The highest BCUT2D eigenvalue weighted by atomic mass is 35.5. The molecule has 210 valence electrons. The van der Waals surface area contributed by atoms with Gasteiger partial charge in [0, 0.05) is 34.3 Å². The van der Waals surface area contributed by atoms with Crippen LogP contribution in [0.15, 0.2) is 71.4 Å². The molecule has 11 heteroatoms. The third-order valence-electron chi connectivity index (χ3n) is 7.39. The monoisotopic (exact) mass is 575 g/mol. The Labute approximate surface area is 240 Å². The maximum atomic E-state index is 14.1. The van der Waals surface area contributed by atoms with Gasteiger partial charge < -0.3 is 18.9 Å². The number of nitrogens with zero attached hydrogens (tertiary/aromatic N) is 5. The second-order valence-electron chi connectivity index (χ2n) is 10.1. The number of rotatable bonds is 9. The minimum absolute atomic E-state index is 0.0704. The number of hydrogen-bond acceptors (Lipinski definition) is 7. The number of ether oxygens (including phenoxy) is 1. The van der Waals surface area contributed by atoms with Gasteiger partial charge in [0.05, 0.1) is 35.9 Å². The van der Waals surface area contributed by atoms with Gasteiger partial charge >= 0.3 is 5.97 Å². The van der Waals surface area contributed by atoms with E-state index in [1.807, 2.05) is 16.7 Å². The highest BCUT2D eigenvalue weighted by Crippen LogP contribution is 2.30. The van der Waals surface area contributed by atoms with Crippen LogP contribution in [0.3, 0.4) is 0 Å². The van der Waals surface area contributed by atoms with Crippen molar-refractivity contribution >= 4 is 28.6 Å². The SMILES string of the molecule is O=C(O)c1ccc2nc(CN3CCC(c4cccc(OCc5ccc(Cl)cc5F)n4)CC3)n(Cc3ccno3)c2c1. The zero-order chi connectivity index (χ0) is 28.3. The van der Waals surface area contributed by atoms with Crippen LogP contribution in [0.1, 0.15) is 52.0 Å². The average Bonchev–Trinajstić information content (AvgIpc) is 3.61. The van der Waals surface area contributed by atoms with E-state index in [2.05, 4.69) is 10.1 Å². The van der Waals surface area contributed by atoms with Gasteiger partial charge in [-0.25, -0.2) is 19.2 Å². The van der Waals surface area contributed by atoms with Crippen LogP contribution in [0, 0.1) is 5.82 Å². The van der Waals surface area contributed by atoms with E-state index in [0.717, 1.165) is 48.5 Å². The quantitative estimate of drug-likeness (QED) is 0.231. The normalized spacial score (nSPS) is 14.5. The molecule has 4 heterocycles. The number of halogens is 2. The molecule has 0 radical (unpaired) electrons. The first-order chi connectivity index (χ1) is 19.9. The number of carboxylic acid groups (broad SMARTS) is 1. The summed E-state index contributed by atoms with van der Waals surface area (Å²) in [7, 11) is 0. The number of hydrogen-bond donors (Lipinski definition) is 1. The standard InChI is InChI=1S/C30H27ClFN5O4/c31-22-6-4-21(24(32)15-22)18-40-29-3-1-2-25(35-29)19-9-12-36(13-10-19)17-28-34-26-7-5-20(30(38)39)14-27(26)37(28)16-23-8-11-33-41-23/h1-8,11,14-15,19H,9-10,12-13,16-18H2,(H,38,39). The van der Waals surface area contributed by atoms with Gasteiger partial charge in [0.25, 0.3) is 0 Å². The molecule has 6 rings (SSSR count). The van der Waals surface area contributed by atoms with E-state index in [1.165, 1.54) is 6.07 Å². The van der Waals surface area contributed by atoms with Gasteiger partial charge in [-0.05, 0) is 62.3 Å². The lowest BCUT2D eigenvalue weighted by Crippen LogP contribution is -2.33. The number of piperidine rings is 1. The molecular formula is C30H27ClFN5O4. The molecule has 0 saturated carbocycles. The molecule has 2 aromatic carbocycles. The fourth-order valence-corrected chi connectivity index (χ4v) is 5.36. The molecular weight excluding hydrogens is 549 g/mol. The van der Waals surface area contributed by atoms with Crippen LogP contribution < -0.4 is 4.74 Å². The highest BCUT2D eigenvalue weighted by molar-refractivity contribution is 6.30. The molecule has 9 nitrogen and oxygen atoms in total. The van der Waals surface area contributed by atoms with E-state index in [-0.39, 0.29) is 18.1 Å². The molecule has 3 aromatic heterocycles. The number of fused-ring (bicyclic) bond motifs is 1. The third kappa shape index (κ3) is 6.08. The number of imidazole rings is 1. The van der Waals surface area contributed by atoms with Crippen molar-refractivity contribution in [2.24, 2.45) is 0 Å². The van der Waals surface area contributed by atoms with Gasteiger partial charge in [-0.2, -0.15) is 0 Å². The second kappa shape index (κ2) is 11.7. The van der Waals surface area contributed by atoms with Gasteiger partial charge in [0.15, 0.2) is 5.76 Å². The van der Waals surface area contributed by atoms with Crippen molar-refractivity contribution in [3.63, 3.8) is 0 Å². The summed E-state index contributed by atoms with van der Waals surface area (Å²) in [4.78, 5) is 23.5. The van der Waals surface area contributed by atoms with E-state index in [9.17, 15) is 14.3 Å². The number of carbonyl (C=O) groups is 1. The molecule has 41 heavy (non-hydrogen) atoms. The van der Waals surface area contributed by atoms with Crippen LogP contribution in [-0.2, 0) is 19.7 Å². The van der Waals surface area contributed by atoms with Gasteiger partial charge in [0.2, 0.25) is 5.88 Å². The van der Waals surface area contributed by atoms with Gasteiger partial charge in [-0.1, -0.05) is 28.9 Å². The Morgan fingerprint density at radius 2 is 1.93 bits per heavy atom. The number of aromatic nitrogens is 4. The Balaban J connectivity index is 1.13. The molecule has 0 bridgehead atoms. The maximum absolute atomic E-state index is 14.1. The summed E-state index contributed by atoms with van der Waals surface area (Å²) >= 11 is 5.84. The minimum Gasteiger partial charge on any atom is -0.478 e. The number of pyridine rings is 1. The minimum atomic E-state index is -0.983. The fraction of sp³-hybridized carbons (Fsp3) is 0.267. The predicted octanol–water partition coefficient (Wildman–Crippen LogP) is 5.92. The van der Waals surface area contributed by atoms with Crippen LogP contribution in [0.5, 0.6) is 5.88 Å². The zero-order valence-electron chi connectivity index (χ0n) is 22.0. The molecule has 0 unspecified atom stereocenters. The lowest BCUT2D eigenvalue weighted by molar-refractivity contribution is 0.0697. The van der Waals surface area contributed by atoms with Crippen molar-refractivity contribution in [2.45, 2.75) is 38.5 Å². The van der Waals surface area contributed by atoms with Gasteiger partial charge in [0.1, 0.15) is 18.2 Å². The van der Waals surface area contributed by atoms with Gasteiger partial charge in [-0.15, -0.1) is 0 Å². The average molecular weight is 576 g/mol. The number of aromatic carboxylic acids is 1. The Morgan fingerprint density at radius 3 is 2.68 bits per heavy atom. The van der Waals surface area contributed by atoms with Crippen molar-refractivity contribution in [3.05, 3.63) is 106 Å². The smallest absolute Gasteiger partial charge is 0.335 e. The summed E-state index contributed by atoms with van der Waals surface area (Å²) in [6.07, 6.45) is 3.41. The van der Waals surface area contributed by atoms with E-state index < -0.39 is 11.8 Å². The van der Waals surface area contributed by atoms with Crippen LogP contribution in [-0.4, -0.2) is 48.8 Å².